The maximum absolute atomic E-state index is 10.1. The molecule has 0 amide bonds. The van der Waals surface area contributed by atoms with Gasteiger partial charge in [0.2, 0.25) is 0 Å². The van der Waals surface area contributed by atoms with Crippen LogP contribution < -0.4 is 11.5 Å². The Hall–Kier alpha value is -1.47. The lowest BCUT2D eigenvalue weighted by atomic mass is 10.1. The summed E-state index contributed by atoms with van der Waals surface area (Å²) in [6.45, 7) is 0.604. The monoisotopic (exact) mass is 246 g/mol. The molecule has 98 valence electrons. The van der Waals surface area contributed by atoms with E-state index in [4.69, 9.17) is 16.6 Å². The largest absolute Gasteiger partial charge is 0.480 e. The molecule has 7 nitrogen and oxygen atoms in total. The SMILES string of the molecule is NCCCC[C@H](N)C(=O)O.O=C1CCC(=O)O1. The lowest BCUT2D eigenvalue weighted by molar-refractivity contribution is -0.152. The van der Waals surface area contributed by atoms with Gasteiger partial charge in [0, 0.05) is 0 Å². The Morgan fingerprint density at radius 1 is 1.29 bits per heavy atom. The molecular formula is C10H18N2O5. The number of cyclic esters (lactones) is 2. The number of carboxylic acid groups (broad SMARTS) is 1. The first-order chi connectivity index (χ1) is 7.97. The Kier molecular flexibility index (Phi) is 7.91. The molecule has 0 radical (unpaired) electrons. The maximum Gasteiger partial charge on any atom is 0.320 e. The molecule has 0 unspecified atom stereocenters. The predicted octanol–water partition coefficient (Wildman–Crippen LogP) is -0.623. The second-order valence-corrected chi connectivity index (χ2v) is 3.58. The second kappa shape index (κ2) is 8.66. The Morgan fingerprint density at radius 2 is 1.82 bits per heavy atom. The van der Waals surface area contributed by atoms with E-state index in [2.05, 4.69) is 4.74 Å². The number of carbonyl (C=O) groups excluding carboxylic acids is 2. The summed E-state index contributed by atoms with van der Waals surface area (Å²) in [5.41, 5.74) is 10.4. The van der Waals surface area contributed by atoms with Crippen molar-refractivity contribution in [1.29, 1.82) is 0 Å². The third-order valence-electron chi connectivity index (χ3n) is 2.05. The molecule has 0 saturated carbocycles. The van der Waals surface area contributed by atoms with Crippen LogP contribution in [0.4, 0.5) is 0 Å². The standard InChI is InChI=1S/C6H14N2O2.C4H4O3/c7-4-2-1-3-5(8)6(9)10;5-3-1-2-4(6)7-3/h5H,1-4,7-8H2,(H,9,10);1-2H2/t5-;/m0./s1. The fraction of sp³-hybridized carbons (Fsp3) is 0.700. The van der Waals surface area contributed by atoms with Crippen molar-refractivity contribution in [2.75, 3.05) is 6.54 Å². The van der Waals surface area contributed by atoms with Crippen molar-refractivity contribution in [3.63, 3.8) is 0 Å². The number of nitrogens with two attached hydrogens (primary N) is 2. The molecule has 1 fully saturated rings. The fourth-order valence-electron chi connectivity index (χ4n) is 1.07. The average molecular weight is 246 g/mol. The van der Waals surface area contributed by atoms with E-state index in [-0.39, 0.29) is 12.8 Å². The third kappa shape index (κ3) is 8.35. The minimum atomic E-state index is -0.933. The van der Waals surface area contributed by atoms with E-state index in [0.717, 1.165) is 12.8 Å². The lowest BCUT2D eigenvalue weighted by Gasteiger charge is -2.03. The number of hydrogen-bond acceptors (Lipinski definition) is 6. The number of carbonyl (C=O) groups is 3. The van der Waals surface area contributed by atoms with Crippen LogP contribution in [-0.2, 0) is 19.1 Å². The zero-order valence-corrected chi connectivity index (χ0v) is 9.55. The van der Waals surface area contributed by atoms with Crippen LogP contribution in [0.3, 0.4) is 0 Å². The molecule has 0 aromatic heterocycles. The summed E-state index contributed by atoms with van der Waals surface area (Å²) in [4.78, 5) is 30.2. The van der Waals surface area contributed by atoms with Gasteiger partial charge in [-0.2, -0.15) is 0 Å². The van der Waals surface area contributed by atoms with Crippen LogP contribution in [0, 0.1) is 0 Å². The van der Waals surface area contributed by atoms with Gasteiger partial charge in [0.1, 0.15) is 6.04 Å². The molecule has 1 atom stereocenters. The lowest BCUT2D eigenvalue weighted by Crippen LogP contribution is -2.29. The first-order valence-corrected chi connectivity index (χ1v) is 5.39. The van der Waals surface area contributed by atoms with Gasteiger partial charge < -0.3 is 21.3 Å². The molecule has 0 aliphatic carbocycles. The van der Waals surface area contributed by atoms with Crippen LogP contribution in [0.1, 0.15) is 32.1 Å². The maximum atomic E-state index is 10.1. The van der Waals surface area contributed by atoms with E-state index in [1.165, 1.54) is 0 Å². The Balaban J connectivity index is 0.000000318. The van der Waals surface area contributed by atoms with Crippen LogP contribution in [0.2, 0.25) is 0 Å². The summed E-state index contributed by atoms with van der Waals surface area (Å²) in [6.07, 6.45) is 2.69. The van der Waals surface area contributed by atoms with Crippen molar-refractivity contribution in [1.82, 2.24) is 0 Å². The zero-order valence-electron chi connectivity index (χ0n) is 9.55. The first kappa shape index (κ1) is 15.5. The van der Waals surface area contributed by atoms with E-state index in [0.29, 0.717) is 13.0 Å². The molecule has 1 saturated heterocycles. The van der Waals surface area contributed by atoms with E-state index >= 15 is 0 Å². The Morgan fingerprint density at radius 3 is 2.12 bits per heavy atom. The van der Waals surface area contributed by atoms with Crippen LogP contribution in [0.15, 0.2) is 0 Å². The highest BCUT2D eigenvalue weighted by Gasteiger charge is 2.19. The Bertz CT molecular complexity index is 266. The van der Waals surface area contributed by atoms with Gasteiger partial charge in [-0.15, -0.1) is 0 Å². The topological polar surface area (TPSA) is 133 Å². The number of hydrogen-bond donors (Lipinski definition) is 3. The van der Waals surface area contributed by atoms with Crippen molar-refractivity contribution < 1.29 is 24.2 Å². The summed E-state index contributed by atoms with van der Waals surface area (Å²) in [6, 6.07) is -0.716. The normalized spacial score (nSPS) is 15.9. The van der Waals surface area contributed by atoms with Crippen LogP contribution in [0.5, 0.6) is 0 Å². The molecule has 7 heteroatoms. The highest BCUT2D eigenvalue weighted by molar-refractivity contribution is 5.92. The smallest absolute Gasteiger partial charge is 0.320 e. The number of aliphatic carboxylic acids is 1. The van der Waals surface area contributed by atoms with Crippen molar-refractivity contribution >= 4 is 17.9 Å². The predicted molar refractivity (Wildman–Crippen MR) is 58.8 cm³/mol. The summed E-state index contributed by atoms with van der Waals surface area (Å²) in [7, 11) is 0. The van der Waals surface area contributed by atoms with Crippen molar-refractivity contribution in [2.45, 2.75) is 38.1 Å². The van der Waals surface area contributed by atoms with Crippen molar-refractivity contribution in [3.8, 4) is 0 Å². The minimum absolute atomic E-state index is 0.263. The highest BCUT2D eigenvalue weighted by atomic mass is 16.6. The number of rotatable bonds is 5. The molecular weight excluding hydrogens is 228 g/mol. The molecule has 0 spiro atoms. The molecule has 0 aromatic carbocycles. The van der Waals surface area contributed by atoms with E-state index < -0.39 is 23.9 Å². The highest BCUT2D eigenvalue weighted by Crippen LogP contribution is 2.03. The van der Waals surface area contributed by atoms with Crippen LogP contribution in [-0.4, -0.2) is 35.6 Å². The van der Waals surface area contributed by atoms with Gasteiger partial charge in [-0.1, -0.05) is 6.42 Å². The van der Waals surface area contributed by atoms with E-state index in [9.17, 15) is 14.4 Å². The number of ether oxygens (including phenoxy) is 1. The summed E-state index contributed by atoms with van der Waals surface area (Å²) < 4.78 is 4.08. The molecule has 1 rings (SSSR count). The van der Waals surface area contributed by atoms with E-state index in [1.54, 1.807) is 0 Å². The van der Waals surface area contributed by atoms with Gasteiger partial charge in [0.05, 0.1) is 12.8 Å². The summed E-state index contributed by atoms with van der Waals surface area (Å²) in [5.74, 6) is -1.73. The third-order valence-corrected chi connectivity index (χ3v) is 2.05. The van der Waals surface area contributed by atoms with E-state index in [1.807, 2.05) is 0 Å². The van der Waals surface area contributed by atoms with Gasteiger partial charge in [-0.3, -0.25) is 14.4 Å². The minimum Gasteiger partial charge on any atom is -0.480 e. The van der Waals surface area contributed by atoms with Gasteiger partial charge in [-0.05, 0) is 19.4 Å². The fourth-order valence-corrected chi connectivity index (χ4v) is 1.07. The van der Waals surface area contributed by atoms with Crippen molar-refractivity contribution in [2.24, 2.45) is 11.5 Å². The molecule has 17 heavy (non-hydrogen) atoms. The Labute approximate surface area is 99.1 Å². The number of esters is 2. The molecule has 1 aliphatic rings. The zero-order chi connectivity index (χ0) is 13.3. The molecule has 0 bridgehead atoms. The van der Waals surface area contributed by atoms with Crippen molar-refractivity contribution in [3.05, 3.63) is 0 Å². The summed E-state index contributed by atoms with van der Waals surface area (Å²) in [5, 5.41) is 8.33. The van der Waals surface area contributed by atoms with Gasteiger partial charge >= 0.3 is 17.9 Å². The molecule has 1 heterocycles. The van der Waals surface area contributed by atoms with Gasteiger partial charge in [0.25, 0.3) is 0 Å². The molecule has 0 aromatic rings. The van der Waals surface area contributed by atoms with Crippen LogP contribution >= 0.6 is 0 Å². The number of unbranched alkanes of at least 4 members (excludes halogenated alkanes) is 1. The van der Waals surface area contributed by atoms with Gasteiger partial charge in [0.15, 0.2) is 0 Å². The average Bonchev–Trinajstić information content (AvgIpc) is 2.63. The first-order valence-electron chi connectivity index (χ1n) is 5.39. The number of carboxylic acids is 1. The van der Waals surface area contributed by atoms with Crippen LogP contribution in [0.25, 0.3) is 0 Å². The molecule has 5 N–H and O–H groups in total. The quantitative estimate of drug-likeness (QED) is 0.334. The molecule has 1 aliphatic heterocycles. The summed E-state index contributed by atoms with van der Waals surface area (Å²) >= 11 is 0. The van der Waals surface area contributed by atoms with Gasteiger partial charge in [-0.25, -0.2) is 0 Å². The second-order valence-electron chi connectivity index (χ2n) is 3.58.